The normalized spacial score (nSPS) is 9.95. The Balaban J connectivity index is 2.20. The minimum Gasteiger partial charge on any atom is -0.506 e. The first kappa shape index (κ1) is 15.5. The zero-order valence-corrected chi connectivity index (χ0v) is 12.6. The summed E-state index contributed by atoms with van der Waals surface area (Å²) in [6.07, 6.45) is 0. The maximum absolute atomic E-state index is 12.1. The summed E-state index contributed by atoms with van der Waals surface area (Å²) in [7, 11) is 3.01. The molecule has 2 amide bonds. The van der Waals surface area contributed by atoms with E-state index in [1.807, 2.05) is 6.92 Å². The van der Waals surface area contributed by atoms with E-state index in [0.29, 0.717) is 22.9 Å². The molecule has 0 aliphatic carbocycles. The lowest BCUT2D eigenvalue weighted by atomic mass is 10.2. The van der Waals surface area contributed by atoms with E-state index in [9.17, 15) is 9.90 Å². The maximum Gasteiger partial charge on any atom is 0.323 e. The molecule has 6 heteroatoms. The van der Waals surface area contributed by atoms with Crippen molar-refractivity contribution in [3.8, 4) is 17.2 Å². The largest absolute Gasteiger partial charge is 0.506 e. The van der Waals surface area contributed by atoms with E-state index in [1.54, 1.807) is 30.3 Å². The van der Waals surface area contributed by atoms with Crippen LogP contribution in [-0.4, -0.2) is 25.4 Å². The van der Waals surface area contributed by atoms with E-state index in [1.165, 1.54) is 20.3 Å². The fraction of sp³-hybridized carbons (Fsp3) is 0.188. The van der Waals surface area contributed by atoms with Gasteiger partial charge in [-0.05, 0) is 36.8 Å². The van der Waals surface area contributed by atoms with E-state index < -0.39 is 6.03 Å². The summed E-state index contributed by atoms with van der Waals surface area (Å²) in [6.45, 7) is 1.87. The SMILES string of the molecule is COc1cccc(OC)c1NC(=O)Nc1cc(C)ccc1O. The van der Waals surface area contributed by atoms with Gasteiger partial charge in [-0.25, -0.2) is 4.79 Å². The molecule has 0 aliphatic rings. The molecule has 2 aromatic rings. The molecule has 116 valence electrons. The fourth-order valence-electron chi connectivity index (χ4n) is 1.99. The Bertz CT molecular complexity index is 664. The Morgan fingerprint density at radius 1 is 1.05 bits per heavy atom. The summed E-state index contributed by atoms with van der Waals surface area (Å²) >= 11 is 0. The van der Waals surface area contributed by atoms with E-state index in [0.717, 1.165) is 5.56 Å². The van der Waals surface area contributed by atoms with Crippen LogP contribution >= 0.6 is 0 Å². The summed E-state index contributed by atoms with van der Waals surface area (Å²) in [4.78, 5) is 12.1. The van der Waals surface area contributed by atoms with Gasteiger partial charge >= 0.3 is 6.03 Å². The van der Waals surface area contributed by atoms with Crippen LogP contribution in [0.5, 0.6) is 17.2 Å². The number of nitrogens with one attached hydrogen (secondary N) is 2. The molecule has 0 atom stereocenters. The van der Waals surface area contributed by atoms with Crippen LogP contribution < -0.4 is 20.1 Å². The minimum atomic E-state index is -0.510. The molecule has 3 N–H and O–H groups in total. The quantitative estimate of drug-likeness (QED) is 0.757. The Hall–Kier alpha value is -2.89. The minimum absolute atomic E-state index is 0.00672. The first-order valence-corrected chi connectivity index (χ1v) is 6.63. The molecular weight excluding hydrogens is 284 g/mol. The van der Waals surface area contributed by atoms with Gasteiger partial charge in [0.1, 0.15) is 22.9 Å². The number of anilines is 2. The molecule has 0 spiro atoms. The third-order valence-electron chi connectivity index (χ3n) is 3.07. The third-order valence-corrected chi connectivity index (χ3v) is 3.07. The number of aromatic hydroxyl groups is 1. The van der Waals surface area contributed by atoms with Crippen molar-refractivity contribution in [3.63, 3.8) is 0 Å². The standard InChI is InChI=1S/C16H18N2O4/c1-10-7-8-12(19)11(9-10)17-16(20)18-15-13(21-2)5-4-6-14(15)22-3/h4-9,19H,1-3H3,(H2,17,18,20). The summed E-state index contributed by atoms with van der Waals surface area (Å²) in [5.74, 6) is 0.943. The number of phenols is 1. The first-order valence-electron chi connectivity index (χ1n) is 6.63. The number of amides is 2. The molecule has 2 rings (SSSR count). The molecule has 0 bridgehead atoms. The fourth-order valence-corrected chi connectivity index (χ4v) is 1.99. The number of methoxy groups -OCH3 is 2. The lowest BCUT2D eigenvalue weighted by molar-refractivity contribution is 0.261. The predicted octanol–water partition coefficient (Wildman–Crippen LogP) is 3.36. The van der Waals surface area contributed by atoms with Gasteiger partial charge < -0.3 is 25.2 Å². The molecule has 2 aromatic carbocycles. The van der Waals surface area contributed by atoms with Gasteiger partial charge in [0.05, 0.1) is 19.9 Å². The van der Waals surface area contributed by atoms with E-state index in [-0.39, 0.29) is 5.75 Å². The van der Waals surface area contributed by atoms with Crippen LogP contribution in [0.1, 0.15) is 5.56 Å². The average molecular weight is 302 g/mol. The van der Waals surface area contributed by atoms with Gasteiger partial charge in [-0.1, -0.05) is 12.1 Å². The van der Waals surface area contributed by atoms with Crippen molar-refractivity contribution >= 4 is 17.4 Å². The highest BCUT2D eigenvalue weighted by Crippen LogP contribution is 2.34. The number of ether oxygens (including phenoxy) is 2. The first-order chi connectivity index (χ1) is 10.5. The van der Waals surface area contributed by atoms with Crippen LogP contribution in [0.2, 0.25) is 0 Å². The van der Waals surface area contributed by atoms with Crippen molar-refractivity contribution in [1.29, 1.82) is 0 Å². The number of para-hydroxylation sites is 1. The van der Waals surface area contributed by atoms with Gasteiger partial charge in [0.2, 0.25) is 0 Å². The number of aryl methyl sites for hydroxylation is 1. The van der Waals surface area contributed by atoms with Crippen molar-refractivity contribution in [2.24, 2.45) is 0 Å². The van der Waals surface area contributed by atoms with Crippen molar-refractivity contribution in [2.45, 2.75) is 6.92 Å². The van der Waals surface area contributed by atoms with E-state index in [4.69, 9.17) is 9.47 Å². The lowest BCUT2D eigenvalue weighted by Gasteiger charge is -2.15. The van der Waals surface area contributed by atoms with Gasteiger partial charge in [-0.3, -0.25) is 0 Å². The highest BCUT2D eigenvalue weighted by Gasteiger charge is 2.14. The topological polar surface area (TPSA) is 79.8 Å². The molecule has 22 heavy (non-hydrogen) atoms. The molecule has 0 aliphatic heterocycles. The van der Waals surface area contributed by atoms with Crippen LogP contribution in [0.25, 0.3) is 0 Å². The van der Waals surface area contributed by atoms with Crippen LogP contribution in [0.15, 0.2) is 36.4 Å². The smallest absolute Gasteiger partial charge is 0.323 e. The number of carbonyl (C=O) groups excluding carboxylic acids is 1. The average Bonchev–Trinajstić information content (AvgIpc) is 2.51. The lowest BCUT2D eigenvalue weighted by Crippen LogP contribution is -2.20. The molecule has 0 saturated heterocycles. The number of rotatable bonds is 4. The second-order valence-corrected chi connectivity index (χ2v) is 4.64. The molecule has 0 fully saturated rings. The number of carbonyl (C=O) groups is 1. The zero-order chi connectivity index (χ0) is 16.1. The molecule has 0 saturated carbocycles. The van der Waals surface area contributed by atoms with Crippen molar-refractivity contribution in [1.82, 2.24) is 0 Å². The third kappa shape index (κ3) is 3.41. The van der Waals surface area contributed by atoms with Gasteiger partial charge in [0, 0.05) is 0 Å². The summed E-state index contributed by atoms with van der Waals surface area (Å²) in [5, 5.41) is 15.0. The second kappa shape index (κ2) is 6.71. The Morgan fingerprint density at radius 3 is 2.27 bits per heavy atom. The molecule has 0 unspecified atom stereocenters. The Kier molecular flexibility index (Phi) is 4.73. The number of urea groups is 1. The van der Waals surface area contributed by atoms with Gasteiger partial charge in [-0.15, -0.1) is 0 Å². The number of hydrogen-bond acceptors (Lipinski definition) is 4. The van der Waals surface area contributed by atoms with E-state index >= 15 is 0 Å². The molecule has 0 radical (unpaired) electrons. The summed E-state index contributed by atoms with van der Waals surface area (Å²) < 4.78 is 10.4. The number of benzene rings is 2. The second-order valence-electron chi connectivity index (χ2n) is 4.64. The van der Waals surface area contributed by atoms with Crippen LogP contribution in [0.4, 0.5) is 16.2 Å². The van der Waals surface area contributed by atoms with Crippen molar-refractivity contribution < 1.29 is 19.4 Å². The molecule has 0 aromatic heterocycles. The Labute approximate surface area is 128 Å². The van der Waals surface area contributed by atoms with Crippen LogP contribution in [0, 0.1) is 6.92 Å². The molecule has 0 heterocycles. The van der Waals surface area contributed by atoms with Crippen LogP contribution in [0.3, 0.4) is 0 Å². The number of hydrogen-bond donors (Lipinski definition) is 3. The molecule has 6 nitrogen and oxygen atoms in total. The van der Waals surface area contributed by atoms with Crippen molar-refractivity contribution in [2.75, 3.05) is 24.9 Å². The predicted molar refractivity (Wildman–Crippen MR) is 85.0 cm³/mol. The molecular formula is C16H18N2O4. The maximum atomic E-state index is 12.1. The van der Waals surface area contributed by atoms with Crippen molar-refractivity contribution in [3.05, 3.63) is 42.0 Å². The van der Waals surface area contributed by atoms with Gasteiger partial charge in [0.25, 0.3) is 0 Å². The highest BCUT2D eigenvalue weighted by atomic mass is 16.5. The number of phenolic OH excluding ortho intramolecular Hbond substituents is 1. The Morgan fingerprint density at radius 2 is 1.68 bits per heavy atom. The summed E-state index contributed by atoms with van der Waals surface area (Å²) in [5.41, 5.74) is 1.66. The van der Waals surface area contributed by atoms with Gasteiger partial charge in [-0.2, -0.15) is 0 Å². The van der Waals surface area contributed by atoms with Gasteiger partial charge in [0.15, 0.2) is 0 Å². The van der Waals surface area contributed by atoms with E-state index in [2.05, 4.69) is 10.6 Å². The summed E-state index contributed by atoms with van der Waals surface area (Å²) in [6, 6.07) is 9.62. The van der Waals surface area contributed by atoms with Crippen LogP contribution in [-0.2, 0) is 0 Å². The monoisotopic (exact) mass is 302 g/mol. The zero-order valence-electron chi connectivity index (χ0n) is 12.6. The highest BCUT2D eigenvalue weighted by molar-refractivity contribution is 6.02.